The lowest BCUT2D eigenvalue weighted by Gasteiger charge is -2.38. The summed E-state index contributed by atoms with van der Waals surface area (Å²) in [5.41, 5.74) is 6.11. The normalized spacial score (nSPS) is 18.8. The van der Waals surface area contributed by atoms with Crippen molar-refractivity contribution in [2.45, 2.75) is 33.1 Å². The van der Waals surface area contributed by atoms with Gasteiger partial charge in [0.15, 0.2) is 0 Å². The van der Waals surface area contributed by atoms with Gasteiger partial charge in [-0.2, -0.15) is 4.98 Å². The number of anilines is 1. The smallest absolute Gasteiger partial charge is 0.244 e. The molecule has 0 bridgehead atoms. The van der Waals surface area contributed by atoms with Gasteiger partial charge in [0.1, 0.15) is 5.82 Å². The number of piperidine rings is 1. The Bertz CT molecular complexity index is 384. The van der Waals surface area contributed by atoms with Crippen molar-refractivity contribution >= 4 is 5.95 Å². The number of nitrogens with two attached hydrogens (primary N) is 1. The second-order valence-corrected chi connectivity index (χ2v) is 5.53. The second kappa shape index (κ2) is 6.34. The van der Waals surface area contributed by atoms with Crippen molar-refractivity contribution in [3.63, 3.8) is 0 Å². The van der Waals surface area contributed by atoms with Gasteiger partial charge in [0.05, 0.1) is 6.61 Å². The van der Waals surface area contributed by atoms with Crippen LogP contribution in [0.1, 0.15) is 32.5 Å². The molecule has 108 valence electrons. The molecule has 19 heavy (non-hydrogen) atoms. The van der Waals surface area contributed by atoms with Gasteiger partial charge < -0.3 is 15.4 Å². The molecule has 0 aliphatic carbocycles. The van der Waals surface area contributed by atoms with E-state index in [2.05, 4.69) is 27.0 Å². The molecule has 1 aromatic rings. The monoisotopic (exact) mass is 267 g/mol. The van der Waals surface area contributed by atoms with Crippen LogP contribution < -0.4 is 10.6 Å². The quantitative estimate of drug-likeness (QED) is 0.750. The van der Waals surface area contributed by atoms with Gasteiger partial charge in [-0.25, -0.2) is 0 Å². The fraction of sp³-hybridized carbons (Fsp3) is 0.846. The van der Waals surface area contributed by atoms with Gasteiger partial charge in [0.25, 0.3) is 0 Å². The summed E-state index contributed by atoms with van der Waals surface area (Å²) in [6.45, 7) is 8.41. The third-order valence-corrected chi connectivity index (χ3v) is 3.95. The molecule has 0 amide bonds. The molecule has 0 aromatic carbocycles. The molecule has 0 saturated carbocycles. The first-order chi connectivity index (χ1) is 9.17. The second-order valence-electron chi connectivity index (χ2n) is 5.53. The van der Waals surface area contributed by atoms with Crippen LogP contribution in [0.2, 0.25) is 0 Å². The average molecular weight is 267 g/mol. The molecule has 6 nitrogen and oxygen atoms in total. The molecule has 2 heterocycles. The molecule has 0 radical (unpaired) electrons. The molecule has 6 heteroatoms. The van der Waals surface area contributed by atoms with Gasteiger partial charge in [-0.15, -0.1) is 5.10 Å². The average Bonchev–Trinajstić information content (AvgIpc) is 2.89. The lowest BCUT2D eigenvalue weighted by atomic mass is 9.81. The van der Waals surface area contributed by atoms with Gasteiger partial charge in [-0.1, -0.05) is 6.92 Å². The number of aromatic amines is 1. The molecule has 2 rings (SSSR count). The third-order valence-electron chi connectivity index (χ3n) is 3.95. The SMILES string of the molecule is CCOCCc1nc(N2CCC(C)(CN)CC2)n[nH]1. The topological polar surface area (TPSA) is 80.1 Å². The third kappa shape index (κ3) is 3.67. The van der Waals surface area contributed by atoms with Crippen LogP contribution in [0, 0.1) is 5.41 Å². The molecule has 0 unspecified atom stereocenters. The maximum Gasteiger partial charge on any atom is 0.244 e. The number of ether oxygens (including phenoxy) is 1. The summed E-state index contributed by atoms with van der Waals surface area (Å²) in [7, 11) is 0. The largest absolute Gasteiger partial charge is 0.381 e. The van der Waals surface area contributed by atoms with Crippen LogP contribution in [0.15, 0.2) is 0 Å². The number of hydrogen-bond donors (Lipinski definition) is 2. The number of H-pyrrole nitrogens is 1. The Morgan fingerprint density at radius 3 is 2.79 bits per heavy atom. The Hall–Kier alpha value is -1.14. The Morgan fingerprint density at radius 2 is 2.16 bits per heavy atom. The zero-order chi connectivity index (χ0) is 13.7. The highest BCUT2D eigenvalue weighted by molar-refractivity contribution is 5.29. The van der Waals surface area contributed by atoms with Crippen LogP contribution in [-0.4, -0.2) is 48.0 Å². The predicted molar refractivity (Wildman–Crippen MR) is 75.2 cm³/mol. The van der Waals surface area contributed by atoms with Crippen molar-refractivity contribution in [3.8, 4) is 0 Å². The summed E-state index contributed by atoms with van der Waals surface area (Å²) in [4.78, 5) is 6.76. The van der Waals surface area contributed by atoms with Crippen molar-refractivity contribution in [1.29, 1.82) is 0 Å². The predicted octanol–water partition coefficient (Wildman–Crippen LogP) is 0.949. The van der Waals surface area contributed by atoms with Gasteiger partial charge in [-0.3, -0.25) is 5.10 Å². The fourth-order valence-corrected chi connectivity index (χ4v) is 2.30. The maximum absolute atomic E-state index is 5.82. The number of aromatic nitrogens is 3. The van der Waals surface area contributed by atoms with E-state index in [0.29, 0.717) is 6.61 Å². The maximum atomic E-state index is 5.82. The standard InChI is InChI=1S/C13H25N5O/c1-3-19-9-4-11-15-12(17-16-11)18-7-5-13(2,10-14)6-8-18/h3-10,14H2,1-2H3,(H,15,16,17). The highest BCUT2D eigenvalue weighted by Gasteiger charge is 2.29. The summed E-state index contributed by atoms with van der Waals surface area (Å²) in [6, 6.07) is 0. The van der Waals surface area contributed by atoms with E-state index in [1.165, 1.54) is 0 Å². The molecule has 1 aliphatic heterocycles. The van der Waals surface area contributed by atoms with Crippen LogP contribution in [0.25, 0.3) is 0 Å². The molecule has 0 spiro atoms. The van der Waals surface area contributed by atoms with Gasteiger partial charge in [0, 0.05) is 26.1 Å². The van der Waals surface area contributed by atoms with E-state index in [1.807, 2.05) is 6.92 Å². The zero-order valence-corrected chi connectivity index (χ0v) is 12.0. The molecule has 0 atom stereocenters. The highest BCUT2D eigenvalue weighted by atomic mass is 16.5. The Labute approximate surface area is 114 Å². The molecule has 1 saturated heterocycles. The minimum absolute atomic E-state index is 0.282. The van der Waals surface area contributed by atoms with Gasteiger partial charge >= 0.3 is 0 Å². The number of hydrogen-bond acceptors (Lipinski definition) is 5. The van der Waals surface area contributed by atoms with Crippen molar-refractivity contribution < 1.29 is 4.74 Å². The number of rotatable bonds is 6. The highest BCUT2D eigenvalue weighted by Crippen LogP contribution is 2.30. The summed E-state index contributed by atoms with van der Waals surface area (Å²) >= 11 is 0. The minimum atomic E-state index is 0.282. The van der Waals surface area contributed by atoms with Crippen LogP contribution in [-0.2, 0) is 11.2 Å². The first-order valence-corrected chi connectivity index (χ1v) is 7.11. The van der Waals surface area contributed by atoms with Crippen LogP contribution in [0.5, 0.6) is 0 Å². The molecule has 1 aliphatic rings. The summed E-state index contributed by atoms with van der Waals surface area (Å²) in [5.74, 6) is 1.71. The molecule has 1 fully saturated rings. The Kier molecular flexibility index (Phi) is 4.76. The molecule has 1 aromatic heterocycles. The molecular weight excluding hydrogens is 242 g/mol. The Balaban J connectivity index is 1.86. The number of nitrogens with one attached hydrogen (secondary N) is 1. The molecule has 3 N–H and O–H groups in total. The van der Waals surface area contributed by atoms with Crippen molar-refractivity contribution in [3.05, 3.63) is 5.82 Å². The zero-order valence-electron chi connectivity index (χ0n) is 12.0. The van der Waals surface area contributed by atoms with E-state index in [9.17, 15) is 0 Å². The van der Waals surface area contributed by atoms with E-state index in [4.69, 9.17) is 10.5 Å². The number of nitrogens with zero attached hydrogens (tertiary/aromatic N) is 3. The van der Waals surface area contributed by atoms with Crippen LogP contribution >= 0.6 is 0 Å². The van der Waals surface area contributed by atoms with Crippen molar-refractivity contribution in [2.24, 2.45) is 11.1 Å². The van der Waals surface area contributed by atoms with Gasteiger partial charge in [0.2, 0.25) is 5.95 Å². The summed E-state index contributed by atoms with van der Waals surface area (Å²) < 4.78 is 5.32. The first-order valence-electron chi connectivity index (χ1n) is 7.11. The van der Waals surface area contributed by atoms with E-state index >= 15 is 0 Å². The lowest BCUT2D eigenvalue weighted by Crippen LogP contribution is -2.42. The first kappa shape index (κ1) is 14.3. The van der Waals surface area contributed by atoms with Crippen molar-refractivity contribution in [1.82, 2.24) is 15.2 Å². The van der Waals surface area contributed by atoms with E-state index < -0.39 is 0 Å². The fourth-order valence-electron chi connectivity index (χ4n) is 2.30. The van der Waals surface area contributed by atoms with Crippen molar-refractivity contribution in [2.75, 3.05) is 37.7 Å². The van der Waals surface area contributed by atoms with Gasteiger partial charge in [-0.05, 0) is 31.7 Å². The van der Waals surface area contributed by atoms with E-state index in [1.54, 1.807) is 0 Å². The molecular formula is C13H25N5O. The minimum Gasteiger partial charge on any atom is -0.381 e. The van der Waals surface area contributed by atoms with E-state index in [0.717, 1.165) is 57.3 Å². The van der Waals surface area contributed by atoms with Crippen LogP contribution in [0.3, 0.4) is 0 Å². The Morgan fingerprint density at radius 1 is 1.42 bits per heavy atom. The summed E-state index contributed by atoms with van der Waals surface area (Å²) in [6.07, 6.45) is 2.99. The lowest BCUT2D eigenvalue weighted by molar-refractivity contribution is 0.149. The van der Waals surface area contributed by atoms with Crippen LogP contribution in [0.4, 0.5) is 5.95 Å². The van der Waals surface area contributed by atoms with E-state index in [-0.39, 0.29) is 5.41 Å². The summed E-state index contributed by atoms with van der Waals surface area (Å²) in [5, 5.41) is 7.28.